The van der Waals surface area contributed by atoms with Crippen LogP contribution in [0.25, 0.3) is 55.0 Å². The zero-order valence-electron chi connectivity index (χ0n) is 33.3. The Hall–Kier alpha value is -6.52. The second kappa shape index (κ2) is 13.6. The first-order chi connectivity index (χ1) is 28.5. The molecule has 8 aromatic carbocycles. The van der Waals surface area contributed by atoms with Crippen LogP contribution < -0.4 is 21.1 Å². The molecule has 0 unspecified atom stereocenters. The summed E-state index contributed by atoms with van der Waals surface area (Å²) in [5.74, 6) is 0. The number of hydrogen-bond acceptors (Lipinski definition) is 3. The van der Waals surface area contributed by atoms with Crippen molar-refractivity contribution in [3.05, 3.63) is 174 Å². The predicted octanol–water partition coefficient (Wildman–Crippen LogP) is 13.6. The number of aryl methyl sites for hydroxylation is 1. The zero-order chi connectivity index (χ0) is 39.0. The lowest BCUT2D eigenvalue weighted by molar-refractivity contribution is 0.633. The number of hydrogen-bond donors (Lipinski definition) is 1. The maximum atomic E-state index is 6.55. The molecule has 0 saturated heterocycles. The van der Waals surface area contributed by atoms with Gasteiger partial charge in [-0.3, -0.25) is 0 Å². The lowest BCUT2D eigenvalue weighted by Gasteiger charge is -2.46. The minimum Gasteiger partial charge on any atom is -0.454 e. The van der Waals surface area contributed by atoms with E-state index in [-0.39, 0.29) is 5.41 Å². The van der Waals surface area contributed by atoms with Crippen molar-refractivity contribution < 1.29 is 4.42 Å². The minimum atomic E-state index is -0.174. The van der Waals surface area contributed by atoms with Crippen LogP contribution in [0.1, 0.15) is 56.7 Å². The van der Waals surface area contributed by atoms with Crippen molar-refractivity contribution in [3.8, 4) is 22.3 Å². The Kier molecular flexibility index (Phi) is 8.11. The van der Waals surface area contributed by atoms with Gasteiger partial charge in [0, 0.05) is 38.8 Å². The van der Waals surface area contributed by atoms with E-state index in [1.54, 1.807) is 0 Å². The van der Waals surface area contributed by atoms with Crippen molar-refractivity contribution in [3.63, 3.8) is 0 Å². The molecule has 1 aromatic heterocycles. The van der Waals surface area contributed by atoms with Crippen molar-refractivity contribution in [1.82, 2.24) is 0 Å². The normalized spacial score (nSPS) is 13.6. The third-order valence-corrected chi connectivity index (χ3v) is 12.7. The number of anilines is 5. The summed E-state index contributed by atoms with van der Waals surface area (Å²) in [6, 6.07) is 57.9. The summed E-state index contributed by atoms with van der Waals surface area (Å²) in [5, 5.41) is 8.69. The van der Waals surface area contributed by atoms with E-state index in [2.05, 4.69) is 190 Å². The molecule has 3 nitrogen and oxygen atoms in total. The monoisotopic (exact) mass is 747 g/mol. The van der Waals surface area contributed by atoms with E-state index in [0.717, 1.165) is 51.7 Å². The SMILES string of the molecule is CCCCCc1cc(-c2cc(-c3ccccc3)ccc2Nc2cccc3c2oc2ccccc23)c2c(c1)N1c3cc4ccccc4cc3C(C)(C)c3cccc(c31)[B]2. The van der Waals surface area contributed by atoms with Gasteiger partial charge in [0.2, 0.25) is 0 Å². The molecular formula is C54H44BN2O. The molecule has 4 heteroatoms. The van der Waals surface area contributed by atoms with E-state index in [0.29, 0.717) is 0 Å². The van der Waals surface area contributed by atoms with Crippen LogP contribution in [0.2, 0.25) is 0 Å². The van der Waals surface area contributed by atoms with Crippen LogP contribution in [0, 0.1) is 0 Å². The van der Waals surface area contributed by atoms with Gasteiger partial charge in [0.05, 0.1) is 11.4 Å². The first-order valence-corrected chi connectivity index (χ1v) is 20.8. The lowest BCUT2D eigenvalue weighted by atomic mass is 9.55. The average Bonchev–Trinajstić information content (AvgIpc) is 3.65. The molecule has 0 atom stereocenters. The molecule has 58 heavy (non-hydrogen) atoms. The molecule has 279 valence electrons. The van der Waals surface area contributed by atoms with E-state index in [9.17, 15) is 0 Å². The van der Waals surface area contributed by atoms with Crippen LogP contribution in [-0.2, 0) is 11.8 Å². The van der Waals surface area contributed by atoms with Crippen molar-refractivity contribution in [2.75, 3.05) is 10.2 Å². The van der Waals surface area contributed by atoms with Crippen molar-refractivity contribution in [1.29, 1.82) is 0 Å². The van der Waals surface area contributed by atoms with Gasteiger partial charge in [-0.2, -0.15) is 0 Å². The maximum absolute atomic E-state index is 6.55. The van der Waals surface area contributed by atoms with Gasteiger partial charge in [0.15, 0.2) is 12.9 Å². The summed E-state index contributed by atoms with van der Waals surface area (Å²) in [7, 11) is 2.46. The zero-order valence-corrected chi connectivity index (χ0v) is 33.3. The summed E-state index contributed by atoms with van der Waals surface area (Å²) in [4.78, 5) is 2.60. The molecule has 0 spiro atoms. The number of para-hydroxylation sites is 3. The number of fused-ring (bicyclic) bond motifs is 8. The smallest absolute Gasteiger partial charge is 0.197 e. The van der Waals surface area contributed by atoms with Gasteiger partial charge in [-0.15, -0.1) is 0 Å². The Bertz CT molecular complexity index is 3070. The molecule has 2 aliphatic rings. The van der Waals surface area contributed by atoms with Crippen molar-refractivity contribution in [2.45, 2.75) is 51.9 Å². The number of nitrogens with one attached hydrogen (secondary N) is 1. The van der Waals surface area contributed by atoms with Crippen LogP contribution in [0.3, 0.4) is 0 Å². The largest absolute Gasteiger partial charge is 0.454 e. The molecule has 0 saturated carbocycles. The Morgan fingerprint density at radius 3 is 2.24 bits per heavy atom. The third kappa shape index (κ3) is 5.50. The fourth-order valence-corrected chi connectivity index (χ4v) is 9.67. The molecule has 1 N–H and O–H groups in total. The lowest BCUT2D eigenvalue weighted by Crippen LogP contribution is -2.45. The van der Waals surface area contributed by atoms with Crippen molar-refractivity contribution in [2.24, 2.45) is 0 Å². The van der Waals surface area contributed by atoms with Crippen LogP contribution in [-0.4, -0.2) is 7.28 Å². The molecular weight excluding hydrogens is 703 g/mol. The highest BCUT2D eigenvalue weighted by Crippen LogP contribution is 2.53. The van der Waals surface area contributed by atoms with Crippen LogP contribution in [0.15, 0.2) is 162 Å². The van der Waals surface area contributed by atoms with Crippen LogP contribution >= 0.6 is 0 Å². The average molecular weight is 748 g/mol. The van der Waals surface area contributed by atoms with Gasteiger partial charge in [-0.1, -0.05) is 154 Å². The van der Waals surface area contributed by atoms with E-state index in [1.807, 2.05) is 6.07 Å². The van der Waals surface area contributed by atoms with Gasteiger partial charge in [0.25, 0.3) is 0 Å². The van der Waals surface area contributed by atoms with Crippen LogP contribution in [0.5, 0.6) is 0 Å². The van der Waals surface area contributed by atoms with E-state index < -0.39 is 0 Å². The predicted molar refractivity (Wildman–Crippen MR) is 247 cm³/mol. The van der Waals surface area contributed by atoms with Gasteiger partial charge in [-0.25, -0.2) is 0 Å². The van der Waals surface area contributed by atoms with Gasteiger partial charge in [-0.05, 0) is 105 Å². The van der Waals surface area contributed by atoms with Gasteiger partial charge in [0.1, 0.15) is 5.58 Å². The Labute approximate surface area is 341 Å². The Morgan fingerprint density at radius 1 is 0.603 bits per heavy atom. The van der Waals surface area contributed by atoms with E-state index >= 15 is 0 Å². The molecule has 9 aromatic rings. The topological polar surface area (TPSA) is 28.4 Å². The Morgan fingerprint density at radius 2 is 1.38 bits per heavy atom. The quantitative estimate of drug-likeness (QED) is 0.124. The summed E-state index contributed by atoms with van der Waals surface area (Å²) in [5.41, 5.74) is 18.7. The Balaban J connectivity index is 1.17. The highest BCUT2D eigenvalue weighted by Gasteiger charge is 2.41. The number of unbranched alkanes of at least 4 members (excludes halogenated alkanes) is 2. The first kappa shape index (κ1) is 34.7. The fraction of sp³-hybridized carbons (Fsp3) is 0.148. The van der Waals surface area contributed by atoms with E-state index in [1.165, 1.54) is 85.0 Å². The van der Waals surface area contributed by atoms with Gasteiger partial charge < -0.3 is 14.6 Å². The molecule has 0 aliphatic carbocycles. The molecule has 2 aliphatic heterocycles. The second-order valence-corrected chi connectivity index (χ2v) is 16.6. The maximum Gasteiger partial charge on any atom is 0.197 e. The summed E-state index contributed by atoms with van der Waals surface area (Å²) in [6.07, 6.45) is 4.56. The van der Waals surface area contributed by atoms with Crippen LogP contribution in [0.4, 0.5) is 28.4 Å². The molecule has 0 fully saturated rings. The molecule has 11 rings (SSSR count). The third-order valence-electron chi connectivity index (χ3n) is 12.7. The molecule has 3 heterocycles. The first-order valence-electron chi connectivity index (χ1n) is 20.8. The number of nitrogens with zero attached hydrogens (tertiary/aromatic N) is 1. The molecule has 0 bridgehead atoms. The second-order valence-electron chi connectivity index (χ2n) is 16.6. The van der Waals surface area contributed by atoms with Crippen molar-refractivity contribution >= 4 is 79.4 Å². The summed E-state index contributed by atoms with van der Waals surface area (Å²) in [6.45, 7) is 7.08. The molecule has 0 amide bonds. The summed E-state index contributed by atoms with van der Waals surface area (Å²) < 4.78 is 6.55. The standard InChI is InChI=1S/C54H44BN2O/c1-4-5-7-16-34-29-42(51-49(30-34)57-48-33-37-20-11-10-19-36(37)32-44(48)54(2,3)43-23-15-24-45(55-51)52(43)57)41-31-38(35-17-8-6-9-18-35)27-28-46(41)56-47-25-14-22-40-39-21-12-13-26-50(39)58-53(40)47/h6,8-15,17-33,56H,4-5,7,16H2,1-3H3. The number of benzene rings is 8. The van der Waals surface area contributed by atoms with E-state index in [4.69, 9.17) is 4.42 Å². The highest BCUT2D eigenvalue weighted by molar-refractivity contribution is 6.73. The number of rotatable bonds is 8. The summed E-state index contributed by atoms with van der Waals surface area (Å²) >= 11 is 0. The highest BCUT2D eigenvalue weighted by atomic mass is 16.3. The molecule has 1 radical (unpaired) electrons. The van der Waals surface area contributed by atoms with Gasteiger partial charge >= 0.3 is 0 Å². The fourth-order valence-electron chi connectivity index (χ4n) is 9.67. The minimum absolute atomic E-state index is 0.174. The number of furan rings is 1.